The van der Waals surface area contributed by atoms with Crippen molar-refractivity contribution >= 4 is 0 Å². The molecule has 1 aromatic carbocycles. The summed E-state index contributed by atoms with van der Waals surface area (Å²) < 4.78 is 10.7. The Morgan fingerprint density at radius 1 is 1.12 bits per heavy atom. The molecule has 2 aromatic heterocycles. The molecule has 0 unspecified atom stereocenters. The van der Waals surface area contributed by atoms with Crippen molar-refractivity contribution in [2.75, 3.05) is 0 Å². The zero-order valence-corrected chi connectivity index (χ0v) is 14.0. The van der Waals surface area contributed by atoms with E-state index in [0.717, 1.165) is 6.54 Å². The second kappa shape index (κ2) is 6.24. The van der Waals surface area contributed by atoms with Gasteiger partial charge in [0.25, 0.3) is 0 Å². The SMILES string of the molecule is Cc1ccc(CN(Cc2nc(-c3ccco3)no2)C2CC2)cc1C. The fraction of sp³-hybridized carbons (Fsp3) is 0.368. The van der Waals surface area contributed by atoms with Crippen LogP contribution in [0.25, 0.3) is 11.6 Å². The summed E-state index contributed by atoms with van der Waals surface area (Å²) >= 11 is 0. The average molecular weight is 323 g/mol. The van der Waals surface area contributed by atoms with Gasteiger partial charge in [-0.2, -0.15) is 4.98 Å². The van der Waals surface area contributed by atoms with E-state index in [2.05, 4.69) is 47.1 Å². The highest BCUT2D eigenvalue weighted by Gasteiger charge is 2.30. The van der Waals surface area contributed by atoms with Crippen molar-refractivity contribution in [2.24, 2.45) is 0 Å². The number of benzene rings is 1. The molecule has 124 valence electrons. The van der Waals surface area contributed by atoms with Gasteiger partial charge in [-0.05, 0) is 55.5 Å². The number of rotatable bonds is 6. The fourth-order valence-electron chi connectivity index (χ4n) is 2.89. The maximum atomic E-state index is 5.41. The van der Waals surface area contributed by atoms with Crippen LogP contribution in [-0.4, -0.2) is 21.1 Å². The molecule has 0 radical (unpaired) electrons. The summed E-state index contributed by atoms with van der Waals surface area (Å²) in [5.74, 6) is 1.78. The lowest BCUT2D eigenvalue weighted by Gasteiger charge is -2.20. The summed E-state index contributed by atoms with van der Waals surface area (Å²) in [6.07, 6.45) is 4.09. The van der Waals surface area contributed by atoms with E-state index in [1.54, 1.807) is 6.26 Å². The van der Waals surface area contributed by atoms with E-state index >= 15 is 0 Å². The van der Waals surface area contributed by atoms with Gasteiger partial charge >= 0.3 is 0 Å². The summed E-state index contributed by atoms with van der Waals surface area (Å²) in [7, 11) is 0. The van der Waals surface area contributed by atoms with Crippen molar-refractivity contribution in [3.63, 3.8) is 0 Å². The van der Waals surface area contributed by atoms with Crippen LogP contribution in [0.5, 0.6) is 0 Å². The second-order valence-electron chi connectivity index (χ2n) is 6.54. The van der Waals surface area contributed by atoms with Gasteiger partial charge < -0.3 is 8.94 Å². The van der Waals surface area contributed by atoms with Gasteiger partial charge in [-0.15, -0.1) is 0 Å². The first kappa shape index (κ1) is 15.1. The Morgan fingerprint density at radius 3 is 2.71 bits per heavy atom. The molecule has 5 nitrogen and oxygen atoms in total. The van der Waals surface area contributed by atoms with Crippen LogP contribution in [0.2, 0.25) is 0 Å². The monoisotopic (exact) mass is 323 g/mol. The Kier molecular flexibility index (Phi) is 3.94. The van der Waals surface area contributed by atoms with E-state index in [-0.39, 0.29) is 0 Å². The van der Waals surface area contributed by atoms with Gasteiger partial charge in [0.2, 0.25) is 11.7 Å². The van der Waals surface area contributed by atoms with Crippen LogP contribution in [0.4, 0.5) is 0 Å². The molecule has 0 bridgehead atoms. The summed E-state index contributed by atoms with van der Waals surface area (Å²) in [6.45, 7) is 5.88. The predicted molar refractivity (Wildman–Crippen MR) is 90.2 cm³/mol. The minimum Gasteiger partial charge on any atom is -0.461 e. The van der Waals surface area contributed by atoms with Crippen molar-refractivity contribution in [1.29, 1.82) is 0 Å². The van der Waals surface area contributed by atoms with Crippen LogP contribution >= 0.6 is 0 Å². The van der Waals surface area contributed by atoms with Crippen LogP contribution in [0.1, 0.15) is 35.4 Å². The molecule has 0 atom stereocenters. The zero-order valence-electron chi connectivity index (χ0n) is 14.0. The number of hydrogen-bond donors (Lipinski definition) is 0. The van der Waals surface area contributed by atoms with Crippen LogP contribution in [-0.2, 0) is 13.1 Å². The highest BCUT2D eigenvalue weighted by molar-refractivity contribution is 5.44. The third kappa shape index (κ3) is 3.26. The van der Waals surface area contributed by atoms with Crippen molar-refractivity contribution in [2.45, 2.75) is 45.8 Å². The molecule has 0 amide bonds. The largest absolute Gasteiger partial charge is 0.461 e. The van der Waals surface area contributed by atoms with Gasteiger partial charge in [-0.25, -0.2) is 0 Å². The summed E-state index contributed by atoms with van der Waals surface area (Å²) in [5, 5.41) is 4.02. The van der Waals surface area contributed by atoms with Gasteiger partial charge in [0.1, 0.15) is 0 Å². The van der Waals surface area contributed by atoms with E-state index in [1.165, 1.54) is 29.5 Å². The van der Waals surface area contributed by atoms with Gasteiger partial charge in [0.05, 0.1) is 12.8 Å². The lowest BCUT2D eigenvalue weighted by atomic mass is 10.1. The third-order valence-corrected chi connectivity index (χ3v) is 4.57. The molecular weight excluding hydrogens is 302 g/mol. The Balaban J connectivity index is 1.49. The van der Waals surface area contributed by atoms with Crippen LogP contribution in [0, 0.1) is 13.8 Å². The van der Waals surface area contributed by atoms with Crippen LogP contribution in [0.15, 0.2) is 45.5 Å². The maximum Gasteiger partial charge on any atom is 0.241 e. The summed E-state index contributed by atoms with van der Waals surface area (Å²) in [6, 6.07) is 10.9. The van der Waals surface area contributed by atoms with Crippen molar-refractivity contribution in [1.82, 2.24) is 15.0 Å². The van der Waals surface area contributed by atoms with E-state index in [1.807, 2.05) is 12.1 Å². The van der Waals surface area contributed by atoms with Crippen molar-refractivity contribution in [3.8, 4) is 11.6 Å². The van der Waals surface area contributed by atoms with Gasteiger partial charge in [0.15, 0.2) is 5.76 Å². The smallest absolute Gasteiger partial charge is 0.241 e. The fourth-order valence-corrected chi connectivity index (χ4v) is 2.89. The van der Waals surface area contributed by atoms with Crippen LogP contribution in [0.3, 0.4) is 0 Å². The lowest BCUT2D eigenvalue weighted by Crippen LogP contribution is -2.25. The first-order chi connectivity index (χ1) is 11.7. The quantitative estimate of drug-likeness (QED) is 0.683. The minimum atomic E-state index is 0.511. The number of nitrogens with zero attached hydrogens (tertiary/aromatic N) is 3. The Labute approximate surface area is 141 Å². The molecule has 4 rings (SSSR count). The van der Waals surface area contributed by atoms with Gasteiger partial charge in [-0.3, -0.25) is 4.90 Å². The molecule has 0 spiro atoms. The first-order valence-corrected chi connectivity index (χ1v) is 8.35. The second-order valence-corrected chi connectivity index (χ2v) is 6.54. The molecular formula is C19H21N3O2. The van der Waals surface area contributed by atoms with Gasteiger partial charge in [-0.1, -0.05) is 23.4 Å². The summed E-state index contributed by atoms with van der Waals surface area (Å²) in [5.41, 5.74) is 3.99. The Morgan fingerprint density at radius 2 is 2.00 bits per heavy atom. The number of hydrogen-bond acceptors (Lipinski definition) is 5. The lowest BCUT2D eigenvalue weighted by molar-refractivity contribution is 0.209. The molecule has 3 aromatic rings. The van der Waals surface area contributed by atoms with E-state index in [9.17, 15) is 0 Å². The topological polar surface area (TPSA) is 55.3 Å². The third-order valence-electron chi connectivity index (χ3n) is 4.57. The highest BCUT2D eigenvalue weighted by Crippen LogP contribution is 2.30. The molecule has 0 saturated heterocycles. The molecule has 5 heteroatoms. The molecule has 0 N–H and O–H groups in total. The molecule has 2 heterocycles. The number of furan rings is 1. The summed E-state index contributed by atoms with van der Waals surface area (Å²) in [4.78, 5) is 6.88. The molecule has 0 aliphatic heterocycles. The molecule has 1 aliphatic rings. The first-order valence-electron chi connectivity index (χ1n) is 8.35. The zero-order chi connectivity index (χ0) is 16.5. The van der Waals surface area contributed by atoms with E-state index < -0.39 is 0 Å². The maximum absolute atomic E-state index is 5.41. The molecule has 1 fully saturated rings. The molecule has 1 saturated carbocycles. The number of aromatic nitrogens is 2. The highest BCUT2D eigenvalue weighted by atomic mass is 16.5. The normalized spacial score (nSPS) is 14.5. The molecule has 24 heavy (non-hydrogen) atoms. The molecule has 1 aliphatic carbocycles. The van der Waals surface area contributed by atoms with E-state index in [0.29, 0.717) is 30.1 Å². The van der Waals surface area contributed by atoms with Crippen LogP contribution < -0.4 is 0 Å². The van der Waals surface area contributed by atoms with Gasteiger partial charge in [0, 0.05) is 12.6 Å². The van der Waals surface area contributed by atoms with Crippen molar-refractivity contribution in [3.05, 3.63) is 59.2 Å². The standard InChI is InChI=1S/C19H21N3O2/c1-13-5-6-15(10-14(13)2)11-22(16-7-8-16)12-18-20-19(21-24-18)17-4-3-9-23-17/h3-6,9-10,16H,7-8,11-12H2,1-2H3. The van der Waals surface area contributed by atoms with Crippen molar-refractivity contribution < 1.29 is 8.94 Å². The number of aryl methyl sites for hydroxylation is 2. The average Bonchev–Trinajstić information content (AvgIpc) is 3.08. The van der Waals surface area contributed by atoms with E-state index in [4.69, 9.17) is 8.94 Å². The predicted octanol–water partition coefficient (Wildman–Crippen LogP) is 4.11. The Hall–Kier alpha value is -2.40. The minimum absolute atomic E-state index is 0.511. The Bertz CT molecular complexity index is 819.